The van der Waals surface area contributed by atoms with Crippen molar-refractivity contribution in [3.8, 4) is 5.75 Å². The number of nitrogens with one attached hydrogen (secondary N) is 1. The minimum atomic E-state index is -0.704. The lowest BCUT2D eigenvalue weighted by Crippen LogP contribution is -2.49. The van der Waals surface area contributed by atoms with E-state index in [1.807, 2.05) is 12.1 Å². The third-order valence-electron chi connectivity index (χ3n) is 4.45. The van der Waals surface area contributed by atoms with E-state index < -0.39 is 5.60 Å². The van der Waals surface area contributed by atoms with Gasteiger partial charge >= 0.3 is 0 Å². The van der Waals surface area contributed by atoms with Crippen LogP contribution in [0.1, 0.15) is 36.8 Å². The topological polar surface area (TPSA) is 41.5 Å². The van der Waals surface area contributed by atoms with Crippen LogP contribution in [0.4, 0.5) is 0 Å². The summed E-state index contributed by atoms with van der Waals surface area (Å²) in [4.78, 5) is 0. The summed E-state index contributed by atoms with van der Waals surface area (Å²) < 4.78 is 5.29. The Labute approximate surface area is 108 Å². The van der Waals surface area contributed by atoms with E-state index in [1.54, 1.807) is 7.11 Å². The lowest BCUT2D eigenvalue weighted by atomic mass is 9.83. The van der Waals surface area contributed by atoms with Crippen LogP contribution in [-0.4, -0.2) is 24.8 Å². The van der Waals surface area contributed by atoms with Crippen LogP contribution < -0.4 is 10.1 Å². The summed E-state index contributed by atoms with van der Waals surface area (Å²) in [6.45, 7) is 1.02. The summed E-state index contributed by atoms with van der Waals surface area (Å²) in [6.07, 6.45) is 5.28. The van der Waals surface area contributed by atoms with Gasteiger partial charge in [-0.15, -0.1) is 0 Å². The summed E-state index contributed by atoms with van der Waals surface area (Å²) in [6, 6.07) is 6.28. The Morgan fingerprint density at radius 1 is 1.39 bits per heavy atom. The Bertz CT molecular complexity index is 440. The smallest absolute Gasteiger partial charge is 0.119 e. The van der Waals surface area contributed by atoms with Gasteiger partial charge in [-0.3, -0.25) is 0 Å². The van der Waals surface area contributed by atoms with Crippen molar-refractivity contribution in [2.45, 2.75) is 43.7 Å². The van der Waals surface area contributed by atoms with Crippen molar-refractivity contribution in [2.75, 3.05) is 13.7 Å². The molecule has 2 aliphatic rings. The van der Waals surface area contributed by atoms with Gasteiger partial charge in [-0.1, -0.05) is 12.5 Å². The number of aryl methyl sites for hydroxylation is 1. The molecule has 1 aliphatic heterocycles. The molecule has 0 amide bonds. The fourth-order valence-electron chi connectivity index (χ4n) is 3.38. The second kappa shape index (κ2) is 4.56. The maximum absolute atomic E-state index is 11.1. The van der Waals surface area contributed by atoms with Crippen LogP contribution in [0.5, 0.6) is 5.75 Å². The van der Waals surface area contributed by atoms with E-state index in [2.05, 4.69) is 11.4 Å². The normalized spacial score (nSPS) is 31.1. The van der Waals surface area contributed by atoms with Crippen LogP contribution in [0.2, 0.25) is 0 Å². The zero-order chi connectivity index (χ0) is 12.6. The summed E-state index contributed by atoms with van der Waals surface area (Å²) in [5, 5.41) is 14.6. The highest BCUT2D eigenvalue weighted by Gasteiger charge is 2.43. The Morgan fingerprint density at radius 3 is 3.00 bits per heavy atom. The fraction of sp³-hybridized carbons (Fsp3) is 0.600. The number of ether oxygens (including phenoxy) is 1. The molecule has 2 atom stereocenters. The largest absolute Gasteiger partial charge is 0.497 e. The molecule has 3 nitrogen and oxygen atoms in total. The van der Waals surface area contributed by atoms with Gasteiger partial charge in [-0.05, 0) is 55.5 Å². The molecule has 1 aromatic rings. The molecule has 0 aromatic heterocycles. The van der Waals surface area contributed by atoms with Crippen LogP contribution in [0.3, 0.4) is 0 Å². The van der Waals surface area contributed by atoms with Crippen LogP contribution >= 0.6 is 0 Å². The van der Waals surface area contributed by atoms with Gasteiger partial charge in [0, 0.05) is 6.04 Å². The molecule has 1 fully saturated rings. The van der Waals surface area contributed by atoms with Gasteiger partial charge in [-0.2, -0.15) is 0 Å². The van der Waals surface area contributed by atoms with E-state index in [0.29, 0.717) is 0 Å². The molecule has 1 aliphatic carbocycles. The van der Waals surface area contributed by atoms with E-state index in [9.17, 15) is 5.11 Å². The summed E-state index contributed by atoms with van der Waals surface area (Å²) in [7, 11) is 1.68. The lowest BCUT2D eigenvalue weighted by Gasteiger charge is -2.37. The molecule has 0 radical (unpaired) electrons. The number of fused-ring (bicyclic) bond motifs is 1. The average molecular weight is 247 g/mol. The Balaban J connectivity index is 1.95. The maximum atomic E-state index is 11.1. The van der Waals surface area contributed by atoms with Crippen molar-refractivity contribution in [3.05, 3.63) is 29.3 Å². The summed E-state index contributed by atoms with van der Waals surface area (Å²) >= 11 is 0. The Kier molecular flexibility index (Phi) is 3.04. The van der Waals surface area contributed by atoms with E-state index in [1.165, 1.54) is 18.4 Å². The van der Waals surface area contributed by atoms with Gasteiger partial charge in [0.1, 0.15) is 11.4 Å². The minimum Gasteiger partial charge on any atom is -0.497 e. The number of rotatable bonds is 2. The maximum Gasteiger partial charge on any atom is 0.119 e. The van der Waals surface area contributed by atoms with Crippen LogP contribution in [0.25, 0.3) is 0 Å². The second-order valence-corrected chi connectivity index (χ2v) is 5.45. The molecule has 0 bridgehead atoms. The molecule has 1 aromatic carbocycles. The third kappa shape index (κ3) is 1.82. The lowest BCUT2D eigenvalue weighted by molar-refractivity contribution is -0.0106. The zero-order valence-corrected chi connectivity index (χ0v) is 10.9. The first-order chi connectivity index (χ1) is 8.74. The molecule has 98 valence electrons. The molecule has 3 rings (SSSR count). The molecule has 18 heavy (non-hydrogen) atoms. The standard InChI is InChI=1S/C15H21NO2/c1-18-12-6-5-11-7-8-15(17,13(11)10-12)14-4-2-3-9-16-14/h5-6,10,14,16-17H,2-4,7-9H2,1H3. The number of piperidine rings is 1. The molecule has 1 saturated heterocycles. The second-order valence-electron chi connectivity index (χ2n) is 5.45. The first-order valence-corrected chi connectivity index (χ1v) is 6.87. The molecular weight excluding hydrogens is 226 g/mol. The first-order valence-electron chi connectivity index (χ1n) is 6.87. The fourth-order valence-corrected chi connectivity index (χ4v) is 3.38. The van der Waals surface area contributed by atoms with Crippen molar-refractivity contribution in [1.29, 1.82) is 0 Å². The van der Waals surface area contributed by atoms with Gasteiger partial charge < -0.3 is 15.2 Å². The first kappa shape index (κ1) is 12.0. The number of aliphatic hydroxyl groups is 1. The predicted octanol–water partition coefficient (Wildman–Crippen LogP) is 1.97. The quantitative estimate of drug-likeness (QED) is 0.839. The van der Waals surface area contributed by atoms with Crippen LogP contribution in [0.15, 0.2) is 18.2 Å². The molecule has 2 unspecified atom stereocenters. The van der Waals surface area contributed by atoms with Gasteiger partial charge in [0.05, 0.1) is 7.11 Å². The van der Waals surface area contributed by atoms with Crippen molar-refractivity contribution in [3.63, 3.8) is 0 Å². The number of benzene rings is 1. The van der Waals surface area contributed by atoms with Gasteiger partial charge in [0.15, 0.2) is 0 Å². The van der Waals surface area contributed by atoms with Crippen molar-refractivity contribution in [2.24, 2.45) is 0 Å². The zero-order valence-electron chi connectivity index (χ0n) is 10.9. The Hall–Kier alpha value is -1.06. The average Bonchev–Trinajstić information content (AvgIpc) is 2.78. The van der Waals surface area contributed by atoms with E-state index in [-0.39, 0.29) is 6.04 Å². The van der Waals surface area contributed by atoms with E-state index in [0.717, 1.165) is 37.1 Å². The van der Waals surface area contributed by atoms with Gasteiger partial charge in [0.25, 0.3) is 0 Å². The highest BCUT2D eigenvalue weighted by molar-refractivity contribution is 5.43. The van der Waals surface area contributed by atoms with Crippen molar-refractivity contribution in [1.82, 2.24) is 5.32 Å². The molecular formula is C15H21NO2. The Morgan fingerprint density at radius 2 is 2.28 bits per heavy atom. The van der Waals surface area contributed by atoms with E-state index in [4.69, 9.17) is 4.74 Å². The van der Waals surface area contributed by atoms with Crippen molar-refractivity contribution < 1.29 is 9.84 Å². The number of hydrogen-bond donors (Lipinski definition) is 2. The molecule has 2 N–H and O–H groups in total. The van der Waals surface area contributed by atoms with Crippen molar-refractivity contribution >= 4 is 0 Å². The van der Waals surface area contributed by atoms with E-state index >= 15 is 0 Å². The highest BCUT2D eigenvalue weighted by atomic mass is 16.5. The van der Waals surface area contributed by atoms with Crippen LogP contribution in [0, 0.1) is 0 Å². The molecule has 1 heterocycles. The van der Waals surface area contributed by atoms with Gasteiger partial charge in [0.2, 0.25) is 0 Å². The highest BCUT2D eigenvalue weighted by Crippen LogP contribution is 2.42. The monoisotopic (exact) mass is 247 g/mol. The molecule has 3 heteroatoms. The van der Waals surface area contributed by atoms with Crippen LogP contribution in [-0.2, 0) is 12.0 Å². The third-order valence-corrected chi connectivity index (χ3v) is 4.45. The molecule has 0 spiro atoms. The summed E-state index contributed by atoms with van der Waals surface area (Å²) in [5.41, 5.74) is 1.64. The minimum absolute atomic E-state index is 0.194. The SMILES string of the molecule is COc1ccc2c(c1)C(O)(C1CCCCN1)CC2. The summed E-state index contributed by atoms with van der Waals surface area (Å²) in [5.74, 6) is 0.838. The molecule has 0 saturated carbocycles. The van der Waals surface area contributed by atoms with Gasteiger partial charge in [-0.25, -0.2) is 0 Å². The number of methoxy groups -OCH3 is 1. The number of hydrogen-bond acceptors (Lipinski definition) is 3. The predicted molar refractivity (Wildman–Crippen MR) is 70.9 cm³/mol.